The Morgan fingerprint density at radius 3 is 2.55 bits per heavy atom. The molecule has 1 aromatic heterocycles. The van der Waals surface area contributed by atoms with Gasteiger partial charge in [0.05, 0.1) is 0 Å². The maximum Gasteiger partial charge on any atom is 0.274 e. The Bertz CT molecular complexity index is 1110. The highest BCUT2D eigenvalue weighted by atomic mass is 16.5. The smallest absolute Gasteiger partial charge is 0.274 e. The van der Waals surface area contributed by atoms with Crippen LogP contribution in [-0.4, -0.2) is 23.3 Å². The molecule has 31 heavy (non-hydrogen) atoms. The van der Waals surface area contributed by atoms with Crippen molar-refractivity contribution < 1.29 is 14.3 Å². The van der Waals surface area contributed by atoms with Crippen molar-refractivity contribution >= 4 is 29.1 Å². The van der Waals surface area contributed by atoms with Gasteiger partial charge in [-0.2, -0.15) is 0 Å². The molecule has 3 aromatic rings. The van der Waals surface area contributed by atoms with Gasteiger partial charge in [-0.3, -0.25) is 14.5 Å². The molecule has 1 aliphatic rings. The van der Waals surface area contributed by atoms with Crippen LogP contribution >= 0.6 is 0 Å². The lowest BCUT2D eigenvalue weighted by molar-refractivity contribution is -0.128. The monoisotopic (exact) mass is 416 g/mol. The maximum absolute atomic E-state index is 13.3. The molecule has 0 radical (unpaired) electrons. The lowest BCUT2D eigenvalue weighted by Gasteiger charge is -2.33. The third-order valence-corrected chi connectivity index (χ3v) is 5.11. The Balaban J connectivity index is 1.64. The number of carbonyl (C=O) groups is 2. The van der Waals surface area contributed by atoms with Crippen LogP contribution < -0.4 is 20.7 Å². The van der Waals surface area contributed by atoms with Gasteiger partial charge in [-0.15, -0.1) is 0 Å². The molecule has 1 unspecified atom stereocenters. The van der Waals surface area contributed by atoms with E-state index in [2.05, 4.69) is 24.1 Å². The summed E-state index contributed by atoms with van der Waals surface area (Å²) < 4.78 is 5.92. The minimum Gasteiger partial charge on any atom is -0.472 e. The summed E-state index contributed by atoms with van der Waals surface area (Å²) in [4.78, 5) is 31.8. The second-order valence-electron chi connectivity index (χ2n) is 7.68. The third kappa shape index (κ3) is 4.21. The number of nitrogen functional groups attached to an aromatic ring is 1. The number of amides is 2. The number of hydrogen-bond acceptors (Lipinski definition) is 5. The Kier molecular flexibility index (Phi) is 5.58. The lowest BCUT2D eigenvalue weighted by Crippen LogP contribution is -2.45. The summed E-state index contributed by atoms with van der Waals surface area (Å²) in [5, 5.41) is 2.93. The number of benzene rings is 2. The molecule has 1 aliphatic heterocycles. The summed E-state index contributed by atoms with van der Waals surface area (Å²) in [6.45, 7) is 3.91. The topological polar surface area (TPSA) is 97.5 Å². The van der Waals surface area contributed by atoms with Crippen molar-refractivity contribution in [1.82, 2.24) is 4.98 Å². The first kappa shape index (κ1) is 20.4. The first-order valence-electron chi connectivity index (χ1n) is 10.1. The Labute approximate surface area is 180 Å². The largest absolute Gasteiger partial charge is 0.472 e. The number of hydrogen-bond donors (Lipinski definition) is 2. The van der Waals surface area contributed by atoms with Crippen LogP contribution in [0, 0.1) is 0 Å². The van der Waals surface area contributed by atoms with E-state index in [1.54, 1.807) is 12.1 Å². The minimum atomic E-state index is -0.866. The van der Waals surface area contributed by atoms with E-state index in [1.165, 1.54) is 4.90 Å². The summed E-state index contributed by atoms with van der Waals surface area (Å²) in [7, 11) is 0. The number of anilines is 3. The molecule has 1 atom stereocenters. The predicted octanol–water partition coefficient (Wildman–Crippen LogP) is 3.89. The number of ether oxygens (including phenoxy) is 1. The van der Waals surface area contributed by atoms with Gasteiger partial charge in [0.15, 0.2) is 11.6 Å². The van der Waals surface area contributed by atoms with E-state index in [0.717, 1.165) is 11.3 Å². The average molecular weight is 416 g/mol. The van der Waals surface area contributed by atoms with Crippen molar-refractivity contribution in [2.75, 3.05) is 22.5 Å². The van der Waals surface area contributed by atoms with Gasteiger partial charge in [0.25, 0.3) is 5.91 Å². The third-order valence-electron chi connectivity index (χ3n) is 5.11. The lowest BCUT2D eigenvalue weighted by atomic mass is 10.0. The number of para-hydroxylation sites is 1. The summed E-state index contributed by atoms with van der Waals surface area (Å²) in [5.74, 6) is 0.423. The van der Waals surface area contributed by atoms with Crippen LogP contribution in [0.3, 0.4) is 0 Å². The average Bonchev–Trinajstić information content (AvgIpc) is 2.76. The van der Waals surface area contributed by atoms with E-state index in [9.17, 15) is 9.59 Å². The van der Waals surface area contributed by atoms with Crippen molar-refractivity contribution in [3.63, 3.8) is 0 Å². The van der Waals surface area contributed by atoms with Crippen molar-refractivity contribution in [2.45, 2.75) is 25.9 Å². The van der Waals surface area contributed by atoms with Gasteiger partial charge < -0.3 is 15.8 Å². The zero-order valence-corrected chi connectivity index (χ0v) is 17.4. The molecule has 0 aliphatic carbocycles. The zero-order valence-electron chi connectivity index (χ0n) is 17.4. The quantitative estimate of drug-likeness (QED) is 0.658. The van der Waals surface area contributed by atoms with E-state index in [-0.39, 0.29) is 35.9 Å². The van der Waals surface area contributed by atoms with Gasteiger partial charge in [0.2, 0.25) is 12.0 Å². The van der Waals surface area contributed by atoms with Gasteiger partial charge in [0, 0.05) is 11.3 Å². The number of nitrogens with two attached hydrogens (primary N) is 1. The van der Waals surface area contributed by atoms with E-state index in [0.29, 0.717) is 11.3 Å². The number of nitrogens with zero attached hydrogens (tertiary/aromatic N) is 2. The van der Waals surface area contributed by atoms with Crippen molar-refractivity contribution in [2.24, 2.45) is 0 Å². The molecule has 0 saturated heterocycles. The minimum absolute atomic E-state index is 0.207. The molecule has 7 nitrogen and oxygen atoms in total. The molecule has 2 aromatic carbocycles. The van der Waals surface area contributed by atoms with Gasteiger partial charge in [-0.1, -0.05) is 62.4 Å². The summed E-state index contributed by atoms with van der Waals surface area (Å²) in [6, 6.07) is 20.1. The second kappa shape index (κ2) is 8.47. The van der Waals surface area contributed by atoms with E-state index >= 15 is 0 Å². The molecular weight excluding hydrogens is 392 g/mol. The molecule has 0 fully saturated rings. The molecule has 7 heteroatoms. The first-order valence-corrected chi connectivity index (χ1v) is 10.1. The van der Waals surface area contributed by atoms with Crippen LogP contribution in [0.15, 0.2) is 66.7 Å². The normalized spacial score (nSPS) is 15.4. The number of pyridine rings is 1. The Morgan fingerprint density at radius 2 is 1.81 bits per heavy atom. The van der Waals surface area contributed by atoms with Gasteiger partial charge in [-0.25, -0.2) is 4.98 Å². The standard InChI is InChI=1S/C24H24N4O3/c1-15(2)17-10-6-7-11-18(17)26-21(29)14-28-23-19(12-13-20(25)27-23)31-22(24(28)30)16-8-4-3-5-9-16/h3-13,15,22H,14H2,1-2H3,(H2,25,27)(H,26,29). The van der Waals surface area contributed by atoms with E-state index in [1.807, 2.05) is 54.6 Å². The molecule has 3 N–H and O–H groups in total. The fourth-order valence-electron chi connectivity index (χ4n) is 3.60. The summed E-state index contributed by atoms with van der Waals surface area (Å²) in [6.07, 6.45) is -0.866. The second-order valence-corrected chi connectivity index (χ2v) is 7.68. The van der Waals surface area contributed by atoms with Crippen molar-refractivity contribution in [1.29, 1.82) is 0 Å². The SMILES string of the molecule is CC(C)c1ccccc1NC(=O)CN1C(=O)C(c2ccccc2)Oc2ccc(N)nc21. The molecule has 2 amide bonds. The van der Waals surface area contributed by atoms with Crippen molar-refractivity contribution in [3.8, 4) is 5.75 Å². The maximum atomic E-state index is 13.3. The predicted molar refractivity (Wildman–Crippen MR) is 120 cm³/mol. The van der Waals surface area contributed by atoms with Crippen LogP contribution in [0.2, 0.25) is 0 Å². The highest BCUT2D eigenvalue weighted by Gasteiger charge is 2.37. The van der Waals surface area contributed by atoms with Crippen LogP contribution in [0.25, 0.3) is 0 Å². The van der Waals surface area contributed by atoms with Gasteiger partial charge in [0.1, 0.15) is 12.4 Å². The highest BCUT2D eigenvalue weighted by Crippen LogP contribution is 2.38. The van der Waals surface area contributed by atoms with Gasteiger partial charge in [-0.05, 0) is 29.7 Å². The zero-order chi connectivity index (χ0) is 22.0. The number of fused-ring (bicyclic) bond motifs is 1. The number of rotatable bonds is 5. The van der Waals surface area contributed by atoms with E-state index in [4.69, 9.17) is 10.5 Å². The molecule has 0 saturated carbocycles. The molecule has 2 heterocycles. The Hall–Kier alpha value is -3.87. The van der Waals surface area contributed by atoms with Crippen molar-refractivity contribution in [3.05, 3.63) is 77.9 Å². The number of nitrogens with one attached hydrogen (secondary N) is 1. The fraction of sp³-hybridized carbons (Fsp3) is 0.208. The summed E-state index contributed by atoms with van der Waals surface area (Å²) in [5.41, 5.74) is 8.29. The molecule has 4 rings (SSSR count). The van der Waals surface area contributed by atoms with Gasteiger partial charge >= 0.3 is 0 Å². The highest BCUT2D eigenvalue weighted by molar-refractivity contribution is 6.06. The summed E-state index contributed by atoms with van der Waals surface area (Å²) >= 11 is 0. The fourth-order valence-corrected chi connectivity index (χ4v) is 3.60. The van der Waals surface area contributed by atoms with Crippen LogP contribution in [0.5, 0.6) is 5.75 Å². The Morgan fingerprint density at radius 1 is 1.10 bits per heavy atom. The first-order chi connectivity index (χ1) is 14.9. The molecule has 0 spiro atoms. The van der Waals surface area contributed by atoms with Crippen LogP contribution in [0.1, 0.15) is 37.0 Å². The molecule has 0 bridgehead atoms. The molecular formula is C24H24N4O3. The van der Waals surface area contributed by atoms with E-state index < -0.39 is 6.10 Å². The van der Waals surface area contributed by atoms with Crippen LogP contribution in [0.4, 0.5) is 17.3 Å². The number of carbonyl (C=O) groups excluding carboxylic acids is 2. The van der Waals surface area contributed by atoms with Crippen LogP contribution in [-0.2, 0) is 9.59 Å². The number of aromatic nitrogens is 1. The molecule has 158 valence electrons.